The third-order valence-electron chi connectivity index (χ3n) is 5.55. The monoisotopic (exact) mass is 445 g/mol. The average molecular weight is 445 g/mol. The highest BCUT2D eigenvalue weighted by Gasteiger charge is 2.40. The van der Waals surface area contributed by atoms with E-state index in [-0.39, 0.29) is 11.8 Å². The van der Waals surface area contributed by atoms with Crippen molar-refractivity contribution in [2.24, 2.45) is 11.8 Å². The molecule has 1 N–H and O–H groups in total. The number of carbonyl (C=O) groups excluding carboxylic acids is 1. The van der Waals surface area contributed by atoms with Crippen LogP contribution in [0.1, 0.15) is 25.0 Å². The van der Waals surface area contributed by atoms with Gasteiger partial charge in [-0.3, -0.25) is 19.5 Å². The van der Waals surface area contributed by atoms with Crippen molar-refractivity contribution in [1.82, 2.24) is 14.9 Å². The number of piperidine rings is 1. The van der Waals surface area contributed by atoms with Crippen molar-refractivity contribution < 1.29 is 37.4 Å². The van der Waals surface area contributed by atoms with Gasteiger partial charge in [-0.1, -0.05) is 6.07 Å². The molecule has 0 aromatic carbocycles. The molecule has 0 radical (unpaired) electrons. The van der Waals surface area contributed by atoms with Crippen molar-refractivity contribution in [3.05, 3.63) is 30.1 Å². The van der Waals surface area contributed by atoms with Gasteiger partial charge in [-0.15, -0.1) is 0 Å². The van der Waals surface area contributed by atoms with Crippen molar-refractivity contribution in [3.63, 3.8) is 0 Å². The molecule has 11 heteroatoms. The summed E-state index contributed by atoms with van der Waals surface area (Å²) in [6, 6.07) is 6.05. The van der Waals surface area contributed by atoms with Gasteiger partial charge in [-0.2, -0.15) is 13.2 Å². The van der Waals surface area contributed by atoms with Gasteiger partial charge >= 0.3 is 12.1 Å². The number of aliphatic carboxylic acids is 1. The molecule has 3 fully saturated rings. The van der Waals surface area contributed by atoms with Crippen LogP contribution in [0.5, 0.6) is 0 Å². The van der Waals surface area contributed by atoms with E-state index >= 15 is 0 Å². The summed E-state index contributed by atoms with van der Waals surface area (Å²) in [5.74, 6) is -2.28. The van der Waals surface area contributed by atoms with Crippen LogP contribution < -0.4 is 0 Å². The lowest BCUT2D eigenvalue weighted by Crippen LogP contribution is -2.50. The predicted molar refractivity (Wildman–Crippen MR) is 101 cm³/mol. The third kappa shape index (κ3) is 6.62. The van der Waals surface area contributed by atoms with Crippen molar-refractivity contribution in [1.29, 1.82) is 0 Å². The molecular weight excluding hydrogens is 419 g/mol. The van der Waals surface area contributed by atoms with Gasteiger partial charge in [-0.25, -0.2) is 9.86 Å². The maximum atomic E-state index is 12.5. The molecule has 0 spiro atoms. The van der Waals surface area contributed by atoms with Crippen molar-refractivity contribution in [2.45, 2.75) is 38.1 Å². The molecule has 0 aliphatic carbocycles. The summed E-state index contributed by atoms with van der Waals surface area (Å²) < 4.78 is 37.8. The predicted octanol–water partition coefficient (Wildman–Crippen LogP) is 2.11. The number of fused-ring (bicyclic) bond motifs is 1. The number of hydrogen-bond acceptors (Lipinski definition) is 6. The van der Waals surface area contributed by atoms with Crippen LogP contribution in [0, 0.1) is 11.8 Å². The SMILES string of the molecule is O=C(O)C(F)(F)F.O=C([C@H]1CO[C@H]2CCN(Cc3ccccn3)C[C@H]2C1)N1CCCO1. The molecular formula is C20H26F3N3O5. The van der Waals surface area contributed by atoms with E-state index < -0.39 is 12.1 Å². The highest BCUT2D eigenvalue weighted by molar-refractivity contribution is 5.78. The van der Waals surface area contributed by atoms with Crippen LogP contribution in [0.15, 0.2) is 24.4 Å². The Kier molecular flexibility index (Phi) is 7.84. The van der Waals surface area contributed by atoms with Gasteiger partial charge in [0.1, 0.15) is 0 Å². The first kappa shape index (κ1) is 23.4. The number of aromatic nitrogens is 1. The van der Waals surface area contributed by atoms with Crippen LogP contribution in [-0.2, 0) is 25.7 Å². The molecule has 0 unspecified atom stereocenters. The Morgan fingerprint density at radius 2 is 2.03 bits per heavy atom. The van der Waals surface area contributed by atoms with Crippen LogP contribution in [-0.4, -0.2) is 77.1 Å². The van der Waals surface area contributed by atoms with Gasteiger partial charge in [-0.05, 0) is 37.3 Å². The van der Waals surface area contributed by atoms with E-state index in [0.29, 0.717) is 25.2 Å². The number of rotatable bonds is 3. The van der Waals surface area contributed by atoms with E-state index in [0.717, 1.165) is 51.1 Å². The molecule has 172 valence electrons. The number of alkyl halides is 3. The van der Waals surface area contributed by atoms with Crippen LogP contribution in [0.3, 0.4) is 0 Å². The Morgan fingerprint density at radius 3 is 2.65 bits per heavy atom. The highest BCUT2D eigenvalue weighted by atomic mass is 19.4. The van der Waals surface area contributed by atoms with Gasteiger partial charge in [0.2, 0.25) is 0 Å². The van der Waals surface area contributed by atoms with E-state index in [1.807, 2.05) is 18.3 Å². The first-order valence-corrected chi connectivity index (χ1v) is 10.2. The fourth-order valence-electron chi connectivity index (χ4n) is 4.07. The lowest BCUT2D eigenvalue weighted by Gasteiger charge is -2.43. The summed E-state index contributed by atoms with van der Waals surface area (Å²) in [6.07, 6.45) is -0.0611. The number of likely N-dealkylation sites (tertiary alicyclic amines) is 1. The Bertz CT molecular complexity index is 743. The highest BCUT2D eigenvalue weighted by Crippen LogP contribution is 2.33. The standard InChI is InChI=1S/C18H25N3O3.C2HF3O2/c22-18(21-7-3-9-24-21)15-10-14-11-20(8-5-17(14)23-13-15)12-16-4-1-2-6-19-16;3-2(4,5)1(6)7/h1-2,4,6,14-15,17H,3,5,7-13H2;(H,6,7)/t14-,15-,17+;/m1./s1. The molecule has 1 aromatic rings. The molecule has 3 saturated heterocycles. The topological polar surface area (TPSA) is 92.2 Å². The second kappa shape index (κ2) is 10.4. The Hall–Kier alpha value is -2.24. The largest absolute Gasteiger partial charge is 0.490 e. The summed E-state index contributed by atoms with van der Waals surface area (Å²) >= 11 is 0. The lowest BCUT2D eigenvalue weighted by atomic mass is 9.83. The fraction of sp³-hybridized carbons (Fsp3) is 0.650. The first-order chi connectivity index (χ1) is 14.7. The summed E-state index contributed by atoms with van der Waals surface area (Å²) in [5, 5.41) is 8.67. The molecule has 3 aliphatic heterocycles. The smallest absolute Gasteiger partial charge is 0.475 e. The Morgan fingerprint density at radius 1 is 1.26 bits per heavy atom. The normalized spacial score (nSPS) is 26.5. The van der Waals surface area contributed by atoms with E-state index in [1.165, 1.54) is 0 Å². The second-order valence-electron chi connectivity index (χ2n) is 7.84. The molecule has 8 nitrogen and oxygen atoms in total. The molecule has 0 bridgehead atoms. The number of carboxylic acid groups (broad SMARTS) is 1. The number of hydroxylamine groups is 2. The molecule has 0 saturated carbocycles. The first-order valence-electron chi connectivity index (χ1n) is 10.2. The minimum Gasteiger partial charge on any atom is -0.475 e. The maximum Gasteiger partial charge on any atom is 0.490 e. The van der Waals surface area contributed by atoms with Gasteiger partial charge < -0.3 is 9.84 Å². The van der Waals surface area contributed by atoms with Crippen LogP contribution in [0.25, 0.3) is 0 Å². The Labute approximate surface area is 177 Å². The number of carboxylic acids is 1. The fourth-order valence-corrected chi connectivity index (χ4v) is 4.07. The number of halogens is 3. The quantitative estimate of drug-likeness (QED) is 0.762. The molecule has 4 rings (SSSR count). The van der Waals surface area contributed by atoms with E-state index in [2.05, 4.69) is 16.0 Å². The van der Waals surface area contributed by atoms with Gasteiger partial charge in [0.05, 0.1) is 37.5 Å². The van der Waals surface area contributed by atoms with Crippen molar-refractivity contribution >= 4 is 11.9 Å². The molecule has 3 atom stereocenters. The van der Waals surface area contributed by atoms with E-state index in [1.54, 1.807) is 5.06 Å². The molecule has 3 aliphatic rings. The number of amides is 1. The zero-order valence-electron chi connectivity index (χ0n) is 17.0. The minimum atomic E-state index is -5.08. The van der Waals surface area contributed by atoms with Gasteiger partial charge in [0, 0.05) is 25.8 Å². The zero-order valence-corrected chi connectivity index (χ0v) is 17.0. The summed E-state index contributed by atoms with van der Waals surface area (Å²) in [7, 11) is 0. The van der Waals surface area contributed by atoms with Crippen molar-refractivity contribution in [2.75, 3.05) is 32.8 Å². The van der Waals surface area contributed by atoms with E-state index in [9.17, 15) is 18.0 Å². The van der Waals surface area contributed by atoms with Crippen LogP contribution in [0.2, 0.25) is 0 Å². The minimum absolute atomic E-state index is 0.0563. The molecule has 4 heterocycles. The average Bonchev–Trinajstić information content (AvgIpc) is 3.28. The molecule has 1 amide bonds. The number of hydrogen-bond donors (Lipinski definition) is 1. The molecule has 31 heavy (non-hydrogen) atoms. The van der Waals surface area contributed by atoms with Crippen LogP contribution in [0.4, 0.5) is 13.2 Å². The number of nitrogens with zero attached hydrogens (tertiary/aromatic N) is 3. The summed E-state index contributed by atoms with van der Waals surface area (Å²) in [4.78, 5) is 33.7. The summed E-state index contributed by atoms with van der Waals surface area (Å²) in [5.41, 5.74) is 1.10. The van der Waals surface area contributed by atoms with Crippen LogP contribution >= 0.6 is 0 Å². The molecule has 1 aromatic heterocycles. The number of carbonyl (C=O) groups is 2. The maximum absolute atomic E-state index is 12.5. The van der Waals surface area contributed by atoms with Gasteiger partial charge in [0.15, 0.2) is 0 Å². The number of pyridine rings is 1. The second-order valence-corrected chi connectivity index (χ2v) is 7.84. The number of ether oxygens (including phenoxy) is 1. The zero-order chi connectivity index (χ0) is 22.4. The van der Waals surface area contributed by atoms with E-state index in [4.69, 9.17) is 19.5 Å². The lowest BCUT2D eigenvalue weighted by molar-refractivity contribution is -0.192. The Balaban J connectivity index is 0.000000339. The third-order valence-corrected chi connectivity index (χ3v) is 5.55. The van der Waals surface area contributed by atoms with Crippen molar-refractivity contribution in [3.8, 4) is 0 Å². The van der Waals surface area contributed by atoms with Gasteiger partial charge in [0.25, 0.3) is 5.91 Å². The summed E-state index contributed by atoms with van der Waals surface area (Å²) in [6.45, 7) is 4.80.